The van der Waals surface area contributed by atoms with Crippen LogP contribution in [-0.4, -0.2) is 24.9 Å². The number of carbonyl (C=O) groups excluding carboxylic acids is 1. The van der Waals surface area contributed by atoms with Crippen LogP contribution in [0.25, 0.3) is 0 Å². The van der Waals surface area contributed by atoms with Gasteiger partial charge in [0.1, 0.15) is 6.29 Å². The summed E-state index contributed by atoms with van der Waals surface area (Å²) in [4.78, 5) is 24.5. The number of unbranched alkanes of at least 4 members (excludes halogenated alkanes) is 1. The topological polar surface area (TPSA) is 42.3 Å². The molecule has 104 valence electrons. The van der Waals surface area contributed by atoms with Crippen LogP contribution < -0.4 is 10.5 Å². The Morgan fingerprint density at radius 3 is 2.74 bits per heavy atom. The van der Waals surface area contributed by atoms with Crippen molar-refractivity contribution in [3.63, 3.8) is 0 Å². The second-order valence-corrected chi connectivity index (χ2v) is 5.57. The minimum absolute atomic E-state index is 0.0785. The Morgan fingerprint density at radius 1 is 1.42 bits per heavy atom. The molecule has 0 N–H and O–H groups in total. The molecule has 1 aromatic heterocycles. The van der Waals surface area contributed by atoms with Crippen LogP contribution in [0.15, 0.2) is 17.1 Å². The fraction of sp³-hybridized carbons (Fsp3) is 0.600. The van der Waals surface area contributed by atoms with Crippen molar-refractivity contribution in [2.45, 2.75) is 38.6 Å². The number of rotatable bonds is 7. The summed E-state index contributed by atoms with van der Waals surface area (Å²) in [7, 11) is 3.90. The molecule has 0 bridgehead atoms. The van der Waals surface area contributed by atoms with Gasteiger partial charge in [0, 0.05) is 45.0 Å². The average Bonchev–Trinajstić information content (AvgIpc) is 3.16. The molecule has 1 aliphatic rings. The number of anilines is 1. The second-order valence-electron chi connectivity index (χ2n) is 5.57. The zero-order valence-electron chi connectivity index (χ0n) is 11.8. The van der Waals surface area contributed by atoms with Crippen molar-refractivity contribution in [1.82, 2.24) is 4.57 Å². The van der Waals surface area contributed by atoms with Crippen LogP contribution >= 0.6 is 0 Å². The Kier molecular flexibility index (Phi) is 4.40. The molecule has 0 unspecified atom stereocenters. The second kappa shape index (κ2) is 6.04. The quantitative estimate of drug-likeness (QED) is 0.556. The van der Waals surface area contributed by atoms with Gasteiger partial charge in [-0.2, -0.15) is 0 Å². The summed E-state index contributed by atoms with van der Waals surface area (Å²) in [5, 5.41) is 0. The van der Waals surface area contributed by atoms with Crippen molar-refractivity contribution >= 4 is 12.0 Å². The fourth-order valence-corrected chi connectivity index (χ4v) is 2.32. The summed E-state index contributed by atoms with van der Waals surface area (Å²) in [6.07, 6.45) is 7.68. The van der Waals surface area contributed by atoms with E-state index in [2.05, 4.69) is 0 Å². The molecule has 1 heterocycles. The van der Waals surface area contributed by atoms with E-state index < -0.39 is 0 Å². The summed E-state index contributed by atoms with van der Waals surface area (Å²) in [5.41, 5.74) is 2.21. The Bertz CT molecular complexity index is 501. The van der Waals surface area contributed by atoms with Crippen LogP contribution in [0, 0.1) is 5.92 Å². The molecule has 0 amide bonds. The maximum Gasteiger partial charge on any atom is 0.252 e. The molecule has 19 heavy (non-hydrogen) atoms. The summed E-state index contributed by atoms with van der Waals surface area (Å²) in [6, 6.07) is 1.72. The predicted octanol–water partition coefficient (Wildman–Crippen LogP) is 1.85. The van der Waals surface area contributed by atoms with Crippen LogP contribution in [0.2, 0.25) is 0 Å². The van der Waals surface area contributed by atoms with Crippen LogP contribution in [0.1, 0.15) is 31.2 Å². The highest BCUT2D eigenvalue weighted by atomic mass is 16.1. The monoisotopic (exact) mass is 262 g/mol. The van der Waals surface area contributed by atoms with E-state index in [0.717, 1.165) is 36.9 Å². The van der Waals surface area contributed by atoms with Gasteiger partial charge in [-0.3, -0.25) is 4.79 Å². The van der Waals surface area contributed by atoms with Gasteiger partial charge in [-0.15, -0.1) is 0 Å². The maximum absolute atomic E-state index is 12.1. The van der Waals surface area contributed by atoms with Crippen molar-refractivity contribution in [2.24, 2.45) is 5.92 Å². The first-order chi connectivity index (χ1) is 9.11. The summed E-state index contributed by atoms with van der Waals surface area (Å²) < 4.78 is 1.83. The van der Waals surface area contributed by atoms with Crippen molar-refractivity contribution in [1.29, 1.82) is 0 Å². The lowest BCUT2D eigenvalue weighted by Crippen LogP contribution is -2.24. The van der Waals surface area contributed by atoms with Gasteiger partial charge in [-0.25, -0.2) is 0 Å². The fourth-order valence-electron chi connectivity index (χ4n) is 2.32. The molecule has 1 saturated carbocycles. The van der Waals surface area contributed by atoms with Crippen LogP contribution in [0.3, 0.4) is 0 Å². The van der Waals surface area contributed by atoms with E-state index in [4.69, 9.17) is 0 Å². The van der Waals surface area contributed by atoms with Gasteiger partial charge in [0.15, 0.2) is 0 Å². The molecule has 0 atom stereocenters. The molecule has 0 aromatic carbocycles. The van der Waals surface area contributed by atoms with E-state index in [1.54, 1.807) is 6.07 Å². The van der Waals surface area contributed by atoms with E-state index >= 15 is 0 Å². The highest BCUT2D eigenvalue weighted by Gasteiger charge is 2.22. The Balaban J connectivity index is 2.23. The van der Waals surface area contributed by atoms with Gasteiger partial charge < -0.3 is 14.3 Å². The van der Waals surface area contributed by atoms with Crippen molar-refractivity contribution in [2.75, 3.05) is 19.0 Å². The molecule has 1 aromatic rings. The molecule has 1 fully saturated rings. The largest absolute Gasteiger partial charge is 0.377 e. The lowest BCUT2D eigenvalue weighted by molar-refractivity contribution is -0.107. The van der Waals surface area contributed by atoms with E-state index in [9.17, 15) is 9.59 Å². The SMILES string of the molecule is CN(C)c1cc(=O)n(CC2CC2)cc1CCCC=O. The maximum atomic E-state index is 12.1. The number of aryl methyl sites for hydroxylation is 1. The molecule has 1 aliphatic carbocycles. The molecular weight excluding hydrogens is 240 g/mol. The first kappa shape index (κ1) is 13.8. The molecule has 0 spiro atoms. The minimum atomic E-state index is 0.0785. The highest BCUT2D eigenvalue weighted by molar-refractivity contribution is 5.52. The first-order valence-electron chi connectivity index (χ1n) is 6.96. The van der Waals surface area contributed by atoms with Crippen LogP contribution in [0.5, 0.6) is 0 Å². The van der Waals surface area contributed by atoms with E-state index in [1.807, 2.05) is 29.8 Å². The van der Waals surface area contributed by atoms with Crippen LogP contribution in [0.4, 0.5) is 5.69 Å². The number of hydrogen-bond donors (Lipinski definition) is 0. The number of carbonyl (C=O) groups is 1. The van der Waals surface area contributed by atoms with E-state index in [0.29, 0.717) is 12.3 Å². The third-order valence-corrected chi connectivity index (χ3v) is 3.59. The van der Waals surface area contributed by atoms with E-state index in [-0.39, 0.29) is 5.56 Å². The number of aldehydes is 1. The van der Waals surface area contributed by atoms with Gasteiger partial charge in [-0.05, 0) is 37.2 Å². The Morgan fingerprint density at radius 2 is 2.16 bits per heavy atom. The lowest BCUT2D eigenvalue weighted by atomic mass is 10.1. The molecule has 2 rings (SSSR count). The third kappa shape index (κ3) is 3.69. The van der Waals surface area contributed by atoms with Crippen molar-refractivity contribution in [3.8, 4) is 0 Å². The molecule has 4 heteroatoms. The van der Waals surface area contributed by atoms with Gasteiger partial charge in [0.25, 0.3) is 5.56 Å². The summed E-state index contributed by atoms with van der Waals surface area (Å²) in [6.45, 7) is 0.840. The predicted molar refractivity (Wildman–Crippen MR) is 76.8 cm³/mol. The minimum Gasteiger partial charge on any atom is -0.377 e. The lowest BCUT2D eigenvalue weighted by Gasteiger charge is -2.19. The number of aromatic nitrogens is 1. The third-order valence-electron chi connectivity index (χ3n) is 3.59. The molecule has 0 radical (unpaired) electrons. The number of nitrogens with zero attached hydrogens (tertiary/aromatic N) is 2. The molecule has 0 aliphatic heterocycles. The number of pyridine rings is 1. The Labute approximate surface area is 114 Å². The number of hydrogen-bond acceptors (Lipinski definition) is 3. The Hall–Kier alpha value is -1.58. The van der Waals surface area contributed by atoms with E-state index in [1.165, 1.54) is 12.8 Å². The zero-order chi connectivity index (χ0) is 13.8. The standard InChI is InChI=1S/C15H22N2O2/c1-16(2)14-9-15(19)17(10-12-6-7-12)11-13(14)5-3-4-8-18/h8-9,11-12H,3-7,10H2,1-2H3. The van der Waals surface area contributed by atoms with Gasteiger partial charge in [0.2, 0.25) is 0 Å². The van der Waals surface area contributed by atoms with Crippen LogP contribution in [-0.2, 0) is 17.8 Å². The van der Waals surface area contributed by atoms with Gasteiger partial charge in [0.05, 0.1) is 0 Å². The van der Waals surface area contributed by atoms with Gasteiger partial charge in [-0.1, -0.05) is 0 Å². The first-order valence-corrected chi connectivity index (χ1v) is 6.96. The van der Waals surface area contributed by atoms with Crippen molar-refractivity contribution < 1.29 is 4.79 Å². The summed E-state index contributed by atoms with van der Waals surface area (Å²) >= 11 is 0. The van der Waals surface area contributed by atoms with Crippen molar-refractivity contribution in [3.05, 3.63) is 28.2 Å². The molecule has 0 saturated heterocycles. The normalized spacial score (nSPS) is 14.4. The molecular formula is C15H22N2O2. The smallest absolute Gasteiger partial charge is 0.252 e. The average molecular weight is 262 g/mol. The highest BCUT2D eigenvalue weighted by Crippen LogP contribution is 2.30. The molecule has 4 nitrogen and oxygen atoms in total. The van der Waals surface area contributed by atoms with Gasteiger partial charge >= 0.3 is 0 Å². The zero-order valence-corrected chi connectivity index (χ0v) is 11.8. The summed E-state index contributed by atoms with van der Waals surface area (Å²) in [5.74, 6) is 0.686.